The fourth-order valence-corrected chi connectivity index (χ4v) is 2.97. The summed E-state index contributed by atoms with van der Waals surface area (Å²) < 4.78 is 6.49. The lowest BCUT2D eigenvalue weighted by atomic mass is 9.96. The van der Waals surface area contributed by atoms with Crippen LogP contribution in [0, 0.1) is 5.92 Å². The van der Waals surface area contributed by atoms with Crippen LogP contribution in [0.3, 0.4) is 0 Å². The van der Waals surface area contributed by atoms with E-state index in [0.717, 1.165) is 16.6 Å². The summed E-state index contributed by atoms with van der Waals surface area (Å²) in [6.07, 6.45) is 2.23. The Morgan fingerprint density at radius 2 is 2.00 bits per heavy atom. The van der Waals surface area contributed by atoms with E-state index in [0.29, 0.717) is 10.7 Å². The van der Waals surface area contributed by atoms with Crippen LogP contribution < -0.4 is 4.74 Å². The molecule has 1 rings (SSSR count). The Morgan fingerprint density at radius 3 is 2.56 bits per heavy atom. The van der Waals surface area contributed by atoms with E-state index in [1.807, 2.05) is 12.1 Å². The fraction of sp³-hybridized carbons (Fsp3) is 0.538. The second kappa shape index (κ2) is 6.65. The van der Waals surface area contributed by atoms with Gasteiger partial charge >= 0.3 is 0 Å². The third kappa shape index (κ3) is 4.46. The van der Waals surface area contributed by atoms with Gasteiger partial charge in [0.2, 0.25) is 0 Å². The maximum absolute atomic E-state index is 5.37. The summed E-state index contributed by atoms with van der Waals surface area (Å²) in [5.74, 6) is 1.63. The van der Waals surface area contributed by atoms with Crippen molar-refractivity contribution in [1.82, 2.24) is 0 Å². The lowest BCUT2D eigenvalue weighted by molar-refractivity contribution is 0.404. The molecule has 0 aromatic heterocycles. The van der Waals surface area contributed by atoms with Crippen molar-refractivity contribution in [3.8, 4) is 5.75 Å². The number of ether oxygens (including phenoxy) is 1. The van der Waals surface area contributed by atoms with Gasteiger partial charge in [-0.3, -0.25) is 0 Å². The molecule has 16 heavy (non-hydrogen) atoms. The van der Waals surface area contributed by atoms with Crippen LogP contribution in [0.4, 0.5) is 0 Å². The van der Waals surface area contributed by atoms with E-state index in [1.165, 1.54) is 12.0 Å². The molecule has 1 aromatic rings. The molecule has 0 fully saturated rings. The normalized spacial score (nSPS) is 14.6. The molecule has 0 saturated carbocycles. The first-order valence-corrected chi connectivity index (χ1v) is 7.20. The van der Waals surface area contributed by atoms with Crippen molar-refractivity contribution < 1.29 is 4.74 Å². The van der Waals surface area contributed by atoms with Crippen LogP contribution >= 0.6 is 31.9 Å². The number of hydrogen-bond donors (Lipinski definition) is 0. The van der Waals surface area contributed by atoms with Gasteiger partial charge in [-0.1, -0.05) is 45.7 Å². The highest BCUT2D eigenvalue weighted by Gasteiger charge is 2.11. The molecule has 1 aromatic carbocycles. The Hall–Kier alpha value is -0.0200. The van der Waals surface area contributed by atoms with Crippen LogP contribution in [0.1, 0.15) is 25.8 Å². The highest BCUT2D eigenvalue weighted by atomic mass is 79.9. The lowest BCUT2D eigenvalue weighted by Crippen LogP contribution is -2.06. The highest BCUT2D eigenvalue weighted by molar-refractivity contribution is 9.10. The van der Waals surface area contributed by atoms with E-state index in [9.17, 15) is 0 Å². The van der Waals surface area contributed by atoms with Crippen LogP contribution in [0.25, 0.3) is 0 Å². The van der Waals surface area contributed by atoms with E-state index < -0.39 is 0 Å². The predicted molar refractivity (Wildman–Crippen MR) is 76.6 cm³/mol. The maximum Gasteiger partial charge on any atom is 0.122 e. The quantitative estimate of drug-likeness (QED) is 0.693. The van der Waals surface area contributed by atoms with Gasteiger partial charge in [-0.15, -0.1) is 0 Å². The summed E-state index contributed by atoms with van der Waals surface area (Å²) in [4.78, 5) is 0.570. The number of halogens is 2. The van der Waals surface area contributed by atoms with E-state index >= 15 is 0 Å². The molecule has 0 saturated heterocycles. The first kappa shape index (κ1) is 14.0. The van der Waals surface area contributed by atoms with Crippen molar-refractivity contribution >= 4 is 31.9 Å². The molecule has 0 aliphatic rings. The minimum absolute atomic E-state index is 0.570. The minimum atomic E-state index is 0.570. The van der Waals surface area contributed by atoms with Gasteiger partial charge in [0.1, 0.15) is 5.75 Å². The molecule has 0 N–H and O–H groups in total. The van der Waals surface area contributed by atoms with Crippen molar-refractivity contribution in [2.45, 2.75) is 31.5 Å². The van der Waals surface area contributed by atoms with Crippen molar-refractivity contribution in [3.05, 3.63) is 28.2 Å². The maximum atomic E-state index is 5.37. The zero-order chi connectivity index (χ0) is 12.1. The second-order valence-corrected chi connectivity index (χ2v) is 6.76. The molecule has 0 aliphatic carbocycles. The standard InChI is InChI=1S/C13H18Br2O/c1-9(6-10(2)14)7-11-8-12(15)4-5-13(11)16-3/h4-5,8-10H,6-7H2,1-3H3. The van der Waals surface area contributed by atoms with Gasteiger partial charge in [-0.25, -0.2) is 0 Å². The van der Waals surface area contributed by atoms with Crippen molar-refractivity contribution in [2.75, 3.05) is 7.11 Å². The van der Waals surface area contributed by atoms with Gasteiger partial charge in [0.15, 0.2) is 0 Å². The Bertz CT molecular complexity index is 337. The largest absolute Gasteiger partial charge is 0.496 e. The monoisotopic (exact) mass is 348 g/mol. The predicted octanol–water partition coefficient (Wildman–Crippen LogP) is 4.81. The number of benzene rings is 1. The molecule has 0 heterocycles. The lowest BCUT2D eigenvalue weighted by Gasteiger charge is -2.15. The molecular formula is C13H18Br2O. The van der Waals surface area contributed by atoms with Crippen molar-refractivity contribution in [1.29, 1.82) is 0 Å². The Kier molecular flexibility index (Phi) is 5.84. The molecule has 0 bridgehead atoms. The van der Waals surface area contributed by atoms with Gasteiger partial charge in [-0.05, 0) is 42.5 Å². The molecule has 0 spiro atoms. The van der Waals surface area contributed by atoms with Crippen LogP contribution in [0.2, 0.25) is 0 Å². The molecule has 0 aliphatic heterocycles. The van der Waals surface area contributed by atoms with Crippen molar-refractivity contribution in [3.63, 3.8) is 0 Å². The summed E-state index contributed by atoms with van der Waals surface area (Å²) in [5.41, 5.74) is 1.28. The van der Waals surface area contributed by atoms with Gasteiger partial charge in [0.25, 0.3) is 0 Å². The first-order valence-electron chi connectivity index (χ1n) is 5.49. The average Bonchev–Trinajstić information content (AvgIpc) is 2.16. The van der Waals surface area contributed by atoms with E-state index in [4.69, 9.17) is 4.74 Å². The van der Waals surface area contributed by atoms with Gasteiger partial charge < -0.3 is 4.74 Å². The van der Waals surface area contributed by atoms with E-state index in [2.05, 4.69) is 51.8 Å². The van der Waals surface area contributed by atoms with Crippen LogP contribution in [-0.2, 0) is 6.42 Å². The zero-order valence-electron chi connectivity index (χ0n) is 9.97. The third-order valence-corrected chi connectivity index (χ3v) is 3.41. The molecule has 2 atom stereocenters. The van der Waals surface area contributed by atoms with Crippen LogP contribution in [-0.4, -0.2) is 11.9 Å². The summed E-state index contributed by atoms with van der Waals surface area (Å²) in [5, 5.41) is 0. The molecule has 0 amide bonds. The molecule has 90 valence electrons. The number of methoxy groups -OCH3 is 1. The molecular weight excluding hydrogens is 332 g/mol. The summed E-state index contributed by atoms with van der Waals surface area (Å²) in [6.45, 7) is 4.47. The van der Waals surface area contributed by atoms with Crippen molar-refractivity contribution in [2.24, 2.45) is 5.92 Å². The molecule has 1 nitrogen and oxygen atoms in total. The molecule has 0 radical (unpaired) electrons. The fourth-order valence-electron chi connectivity index (χ4n) is 1.92. The van der Waals surface area contributed by atoms with E-state index in [-0.39, 0.29) is 0 Å². The SMILES string of the molecule is COc1ccc(Br)cc1CC(C)CC(C)Br. The topological polar surface area (TPSA) is 9.23 Å². The second-order valence-electron chi connectivity index (χ2n) is 4.28. The van der Waals surface area contributed by atoms with Crippen LogP contribution in [0.15, 0.2) is 22.7 Å². The summed E-state index contributed by atoms with van der Waals surface area (Å²) in [6, 6.07) is 6.18. The summed E-state index contributed by atoms with van der Waals surface area (Å²) >= 11 is 7.10. The third-order valence-electron chi connectivity index (χ3n) is 2.54. The molecule has 3 heteroatoms. The highest BCUT2D eigenvalue weighted by Crippen LogP contribution is 2.27. The zero-order valence-corrected chi connectivity index (χ0v) is 13.1. The van der Waals surface area contributed by atoms with Gasteiger partial charge in [-0.2, -0.15) is 0 Å². The summed E-state index contributed by atoms with van der Waals surface area (Å²) in [7, 11) is 1.73. The van der Waals surface area contributed by atoms with Crippen LogP contribution in [0.5, 0.6) is 5.75 Å². The number of rotatable bonds is 5. The first-order chi connectivity index (χ1) is 7.52. The molecule has 2 unspecified atom stereocenters. The smallest absolute Gasteiger partial charge is 0.122 e. The van der Waals surface area contributed by atoms with Gasteiger partial charge in [0.05, 0.1) is 7.11 Å². The Morgan fingerprint density at radius 1 is 1.31 bits per heavy atom. The number of alkyl halides is 1. The average molecular weight is 350 g/mol. The van der Waals surface area contributed by atoms with Gasteiger partial charge in [0, 0.05) is 9.30 Å². The number of hydrogen-bond acceptors (Lipinski definition) is 1. The van der Waals surface area contributed by atoms with E-state index in [1.54, 1.807) is 7.11 Å². The Labute approximate surface area is 115 Å². The Balaban J connectivity index is 2.74. The minimum Gasteiger partial charge on any atom is -0.496 e.